The molecule has 1 saturated carbocycles. The van der Waals surface area contributed by atoms with Gasteiger partial charge in [0, 0.05) is 14.2 Å². The number of carbonyl (C=O) groups is 1. The first kappa shape index (κ1) is 9.23. The van der Waals surface area contributed by atoms with Gasteiger partial charge in [0.2, 0.25) is 0 Å². The van der Waals surface area contributed by atoms with Crippen molar-refractivity contribution in [3.63, 3.8) is 0 Å². The second-order valence-electron chi connectivity index (χ2n) is 4.04. The number of Topliss-reactive ketones (excluding diaryl/α,β-unsaturated/α-hetero) is 1. The van der Waals surface area contributed by atoms with E-state index in [4.69, 9.17) is 1.37 Å². The Morgan fingerprint density at radius 3 is 1.85 bits per heavy atom. The van der Waals surface area contributed by atoms with Gasteiger partial charge in [0.05, 0.1) is 0 Å². The zero-order chi connectivity index (χ0) is 10.2. The summed E-state index contributed by atoms with van der Waals surface area (Å²) < 4.78 is 7.66. The first-order chi connectivity index (χ1) is 6.80. The van der Waals surface area contributed by atoms with Gasteiger partial charge in [-0.05, 0) is 12.8 Å². The summed E-state index contributed by atoms with van der Waals surface area (Å²) in [6.45, 7) is 0. The lowest BCUT2D eigenvalue weighted by molar-refractivity contribution is -0.119. The second kappa shape index (κ2) is 7.11. The first-order valence-electron chi connectivity index (χ1n) is 6.33. The van der Waals surface area contributed by atoms with Crippen molar-refractivity contribution >= 4 is 5.78 Å². The fraction of sp³-hybridized carbons (Fsp3) is 0.917. The molecule has 1 atom stereocenters. The fourth-order valence-electron chi connectivity index (χ4n) is 1.87. The zero-order valence-electron chi connectivity index (χ0n) is 9.56. The minimum atomic E-state index is -0.422. The smallest absolute Gasteiger partial charge is 0.132 e. The van der Waals surface area contributed by atoms with E-state index >= 15 is 0 Å². The largest absolute Gasteiger partial charge is 0.300 e. The number of ketones is 1. The van der Waals surface area contributed by atoms with E-state index in [1.165, 1.54) is 38.5 Å². The minimum absolute atomic E-state index is 0.172. The van der Waals surface area contributed by atoms with E-state index in [9.17, 15) is 4.79 Å². The Kier molecular flexibility index (Phi) is 5.05. The summed E-state index contributed by atoms with van der Waals surface area (Å²) in [5.41, 5.74) is 0. The van der Waals surface area contributed by atoms with E-state index in [-0.39, 0.29) is 5.78 Å². The zero-order valence-corrected chi connectivity index (χ0v) is 8.56. The van der Waals surface area contributed by atoms with Crippen LogP contribution in [-0.4, -0.2) is 5.78 Å². The molecule has 0 N–H and O–H groups in total. The maximum atomic E-state index is 11.4. The molecule has 0 aromatic rings. The molecular weight excluding hydrogens is 160 g/mol. The number of hydrogen-bond donors (Lipinski definition) is 0. The molecule has 76 valence electrons. The van der Waals surface area contributed by atoms with E-state index in [1.807, 2.05) is 0 Å². The molecule has 1 unspecified atom stereocenters. The lowest BCUT2D eigenvalue weighted by atomic mass is 10.0. The molecule has 1 fully saturated rings. The van der Waals surface area contributed by atoms with E-state index < -0.39 is 6.40 Å². The van der Waals surface area contributed by atoms with Crippen molar-refractivity contribution in [3.05, 3.63) is 0 Å². The molecule has 1 aliphatic rings. The van der Waals surface area contributed by atoms with Gasteiger partial charge in [0.1, 0.15) is 5.78 Å². The molecule has 1 aliphatic carbocycles. The van der Waals surface area contributed by atoms with Crippen molar-refractivity contribution in [3.8, 4) is 0 Å². The lowest BCUT2D eigenvalue weighted by Gasteiger charge is -2.05. The lowest BCUT2D eigenvalue weighted by Crippen LogP contribution is -1.98. The summed E-state index contributed by atoms with van der Waals surface area (Å²) in [6, 6.07) is 0. The summed E-state index contributed by atoms with van der Waals surface area (Å²) in [4.78, 5) is 11.4. The Hall–Kier alpha value is -0.330. The highest BCUT2D eigenvalue weighted by atomic mass is 16.1. The third-order valence-corrected chi connectivity index (χ3v) is 2.75. The maximum Gasteiger partial charge on any atom is 0.132 e. The molecule has 0 aromatic carbocycles. The van der Waals surface area contributed by atoms with Crippen LogP contribution in [0.1, 0.15) is 72.0 Å². The molecule has 13 heavy (non-hydrogen) atoms. The van der Waals surface area contributed by atoms with E-state index in [2.05, 4.69) is 0 Å². The summed E-state index contributed by atoms with van der Waals surface area (Å²) in [5.74, 6) is 0.172. The van der Waals surface area contributed by atoms with Crippen molar-refractivity contribution in [1.29, 1.82) is 0 Å². The van der Waals surface area contributed by atoms with E-state index in [0.29, 0.717) is 6.42 Å². The SMILES string of the molecule is [2H]C1CCCCCCCCCCC1=O. The molecule has 0 radical (unpaired) electrons. The van der Waals surface area contributed by atoms with Crippen LogP contribution in [0.3, 0.4) is 0 Å². The molecule has 0 bridgehead atoms. The quantitative estimate of drug-likeness (QED) is 0.557. The fourth-order valence-corrected chi connectivity index (χ4v) is 1.87. The van der Waals surface area contributed by atoms with Crippen molar-refractivity contribution in [2.45, 2.75) is 70.6 Å². The van der Waals surface area contributed by atoms with Crippen LogP contribution in [0.2, 0.25) is 0 Å². The molecule has 0 aromatic heterocycles. The van der Waals surface area contributed by atoms with Gasteiger partial charge in [-0.3, -0.25) is 4.79 Å². The van der Waals surface area contributed by atoms with Crippen molar-refractivity contribution in [2.24, 2.45) is 0 Å². The Morgan fingerprint density at radius 1 is 0.769 bits per heavy atom. The van der Waals surface area contributed by atoms with Gasteiger partial charge in [-0.25, -0.2) is 0 Å². The molecular formula is C12H22O. The molecule has 0 amide bonds. The third kappa shape index (κ3) is 5.84. The predicted octanol–water partition coefficient (Wildman–Crippen LogP) is 3.86. The van der Waals surface area contributed by atoms with Crippen LogP contribution in [0.15, 0.2) is 0 Å². The Balaban J connectivity index is 2.27. The van der Waals surface area contributed by atoms with Gasteiger partial charge in [-0.2, -0.15) is 0 Å². The standard InChI is InChI=1S/C12H22O/c13-12-10-8-6-4-2-1-3-5-7-9-11-12/h1-11H2/i10D. The molecule has 1 heteroatoms. The first-order valence-corrected chi connectivity index (χ1v) is 5.75. The molecule has 0 heterocycles. The molecule has 0 spiro atoms. The summed E-state index contributed by atoms with van der Waals surface area (Å²) in [6.07, 6.45) is 10.7. The normalized spacial score (nSPS) is 30.0. The van der Waals surface area contributed by atoms with Gasteiger partial charge < -0.3 is 0 Å². The van der Waals surface area contributed by atoms with Crippen LogP contribution in [0.25, 0.3) is 0 Å². The van der Waals surface area contributed by atoms with Gasteiger partial charge in [-0.15, -0.1) is 0 Å². The summed E-state index contributed by atoms with van der Waals surface area (Å²) >= 11 is 0. The predicted molar refractivity (Wildman–Crippen MR) is 55.8 cm³/mol. The second-order valence-corrected chi connectivity index (χ2v) is 4.04. The van der Waals surface area contributed by atoms with Gasteiger partial charge in [-0.1, -0.05) is 44.9 Å². The minimum Gasteiger partial charge on any atom is -0.300 e. The van der Waals surface area contributed by atoms with Crippen LogP contribution in [-0.2, 0) is 4.79 Å². The van der Waals surface area contributed by atoms with Crippen molar-refractivity contribution in [1.82, 2.24) is 0 Å². The van der Waals surface area contributed by atoms with Crippen molar-refractivity contribution < 1.29 is 6.17 Å². The highest BCUT2D eigenvalue weighted by molar-refractivity contribution is 5.78. The van der Waals surface area contributed by atoms with E-state index in [0.717, 1.165) is 19.3 Å². The molecule has 0 saturated heterocycles. The van der Waals surface area contributed by atoms with Crippen LogP contribution >= 0.6 is 0 Å². The van der Waals surface area contributed by atoms with E-state index in [1.54, 1.807) is 0 Å². The Labute approximate surface area is 83.3 Å². The monoisotopic (exact) mass is 183 g/mol. The van der Waals surface area contributed by atoms with Crippen molar-refractivity contribution in [2.75, 3.05) is 0 Å². The highest BCUT2D eigenvalue weighted by Gasteiger charge is 2.02. The van der Waals surface area contributed by atoms with Crippen LogP contribution < -0.4 is 0 Å². The van der Waals surface area contributed by atoms with Crippen LogP contribution in [0.5, 0.6) is 0 Å². The highest BCUT2D eigenvalue weighted by Crippen LogP contribution is 2.14. The summed E-state index contributed by atoms with van der Waals surface area (Å²) in [5, 5.41) is 0. The molecule has 0 aliphatic heterocycles. The molecule has 1 rings (SSSR count). The Bertz CT molecular complexity index is 168. The van der Waals surface area contributed by atoms with Crippen LogP contribution in [0.4, 0.5) is 0 Å². The molecule has 1 nitrogen and oxygen atoms in total. The van der Waals surface area contributed by atoms with Gasteiger partial charge >= 0.3 is 0 Å². The van der Waals surface area contributed by atoms with Gasteiger partial charge in [0.25, 0.3) is 0 Å². The van der Waals surface area contributed by atoms with Gasteiger partial charge in [0.15, 0.2) is 0 Å². The number of rotatable bonds is 0. The average Bonchev–Trinajstić information content (AvgIpc) is 2.18. The Morgan fingerprint density at radius 2 is 1.23 bits per heavy atom. The number of carbonyl (C=O) groups excluding carboxylic acids is 1. The summed E-state index contributed by atoms with van der Waals surface area (Å²) in [7, 11) is 0. The topological polar surface area (TPSA) is 17.1 Å². The van der Waals surface area contributed by atoms with Crippen LogP contribution in [0, 0.1) is 0 Å². The maximum absolute atomic E-state index is 11.4. The average molecular weight is 183 g/mol. The third-order valence-electron chi connectivity index (χ3n) is 2.75. The number of hydrogen-bond acceptors (Lipinski definition) is 1.